The average Bonchev–Trinajstić information content (AvgIpc) is 2.93. The van der Waals surface area contributed by atoms with Crippen molar-refractivity contribution in [3.8, 4) is 0 Å². The third kappa shape index (κ3) is 3.92. The lowest BCUT2D eigenvalue weighted by molar-refractivity contribution is 0.209. The van der Waals surface area contributed by atoms with Crippen LogP contribution in [0.2, 0.25) is 5.02 Å². The Morgan fingerprint density at radius 3 is 2.70 bits per heavy atom. The first-order valence-electron chi connectivity index (χ1n) is 7.19. The first kappa shape index (κ1) is 15.7. The summed E-state index contributed by atoms with van der Waals surface area (Å²) in [5.41, 5.74) is 6.79. The Kier molecular flexibility index (Phi) is 5.78. The van der Waals surface area contributed by atoms with Gasteiger partial charge in [-0.1, -0.05) is 17.7 Å². The quantitative estimate of drug-likeness (QED) is 0.876. The van der Waals surface area contributed by atoms with Crippen LogP contribution in [0.25, 0.3) is 0 Å². The highest BCUT2D eigenvalue weighted by Gasteiger charge is 2.20. The van der Waals surface area contributed by atoms with E-state index in [0.717, 1.165) is 18.7 Å². The Morgan fingerprint density at radius 1 is 1.40 bits per heavy atom. The van der Waals surface area contributed by atoms with Gasteiger partial charge < -0.3 is 10.6 Å². The van der Waals surface area contributed by atoms with Crippen molar-refractivity contribution in [3.63, 3.8) is 0 Å². The molecule has 1 heterocycles. The summed E-state index contributed by atoms with van der Waals surface area (Å²) in [6, 6.07) is 4.57. The van der Waals surface area contributed by atoms with E-state index in [-0.39, 0.29) is 11.9 Å². The van der Waals surface area contributed by atoms with Gasteiger partial charge in [0, 0.05) is 30.7 Å². The molecule has 1 saturated heterocycles. The van der Waals surface area contributed by atoms with Crippen LogP contribution in [0.1, 0.15) is 24.4 Å². The summed E-state index contributed by atoms with van der Waals surface area (Å²) in [5, 5.41) is 0.452. The van der Waals surface area contributed by atoms with Crippen molar-refractivity contribution in [2.75, 3.05) is 39.8 Å². The van der Waals surface area contributed by atoms with Gasteiger partial charge in [0.25, 0.3) is 0 Å². The second kappa shape index (κ2) is 7.36. The fourth-order valence-corrected chi connectivity index (χ4v) is 3.07. The van der Waals surface area contributed by atoms with Crippen LogP contribution >= 0.6 is 11.6 Å². The number of nitrogens with two attached hydrogens (primary N) is 1. The third-order valence-corrected chi connectivity index (χ3v) is 4.37. The highest BCUT2D eigenvalue weighted by atomic mass is 35.5. The number of likely N-dealkylation sites (tertiary alicyclic amines) is 1. The van der Waals surface area contributed by atoms with E-state index >= 15 is 0 Å². The van der Waals surface area contributed by atoms with E-state index in [2.05, 4.69) is 9.80 Å². The molecule has 1 aliphatic rings. The Balaban J connectivity index is 1.98. The third-order valence-electron chi connectivity index (χ3n) is 4.04. The van der Waals surface area contributed by atoms with Gasteiger partial charge in [-0.05, 0) is 50.7 Å². The maximum Gasteiger partial charge on any atom is 0.124 e. The van der Waals surface area contributed by atoms with Gasteiger partial charge in [0.1, 0.15) is 5.82 Å². The Bertz CT molecular complexity index is 435. The van der Waals surface area contributed by atoms with Gasteiger partial charge in [-0.3, -0.25) is 4.90 Å². The highest BCUT2D eigenvalue weighted by molar-refractivity contribution is 6.31. The molecule has 2 N–H and O–H groups in total. The summed E-state index contributed by atoms with van der Waals surface area (Å²) < 4.78 is 13.1. The SMILES string of the molecule is CN(CCN1CCCC1)C(CN)c1ccc(F)cc1Cl. The van der Waals surface area contributed by atoms with Crippen molar-refractivity contribution in [1.82, 2.24) is 9.80 Å². The number of benzene rings is 1. The predicted molar refractivity (Wildman–Crippen MR) is 81.5 cm³/mol. The van der Waals surface area contributed by atoms with Crippen LogP contribution in [0.15, 0.2) is 18.2 Å². The molecule has 0 aromatic heterocycles. The molecular formula is C15H23ClFN3. The largest absolute Gasteiger partial charge is 0.329 e. The number of likely N-dealkylation sites (N-methyl/N-ethyl adjacent to an activating group) is 1. The van der Waals surface area contributed by atoms with Crippen LogP contribution in [0, 0.1) is 5.82 Å². The van der Waals surface area contributed by atoms with Crippen molar-refractivity contribution in [2.24, 2.45) is 5.73 Å². The molecular weight excluding hydrogens is 277 g/mol. The highest BCUT2D eigenvalue weighted by Crippen LogP contribution is 2.27. The van der Waals surface area contributed by atoms with Gasteiger partial charge in [0.05, 0.1) is 0 Å². The van der Waals surface area contributed by atoms with Crippen LogP contribution in [0.5, 0.6) is 0 Å². The molecule has 3 nitrogen and oxygen atoms in total. The van der Waals surface area contributed by atoms with Crippen molar-refractivity contribution >= 4 is 11.6 Å². The molecule has 1 aliphatic heterocycles. The summed E-state index contributed by atoms with van der Waals surface area (Å²) in [6.45, 7) is 4.85. The fraction of sp³-hybridized carbons (Fsp3) is 0.600. The minimum absolute atomic E-state index is 0.0331. The minimum Gasteiger partial charge on any atom is -0.329 e. The van der Waals surface area contributed by atoms with E-state index in [1.54, 1.807) is 6.07 Å². The normalized spacial score (nSPS) is 17.9. The zero-order valence-corrected chi connectivity index (χ0v) is 12.7. The molecule has 0 amide bonds. The molecule has 5 heteroatoms. The summed E-state index contributed by atoms with van der Waals surface area (Å²) >= 11 is 6.14. The average molecular weight is 300 g/mol. The van der Waals surface area contributed by atoms with Crippen molar-refractivity contribution in [1.29, 1.82) is 0 Å². The van der Waals surface area contributed by atoms with E-state index in [0.29, 0.717) is 11.6 Å². The molecule has 0 aliphatic carbocycles. The molecule has 2 rings (SSSR count). The number of hydrogen-bond donors (Lipinski definition) is 1. The Morgan fingerprint density at radius 2 is 2.10 bits per heavy atom. The van der Waals surface area contributed by atoms with Crippen LogP contribution in [-0.2, 0) is 0 Å². The zero-order valence-electron chi connectivity index (χ0n) is 12.0. The maximum absolute atomic E-state index is 13.1. The lowest BCUT2D eigenvalue weighted by Gasteiger charge is -2.29. The van der Waals surface area contributed by atoms with Crippen LogP contribution in [-0.4, -0.2) is 49.6 Å². The lowest BCUT2D eigenvalue weighted by Crippen LogP contribution is -2.36. The molecule has 112 valence electrons. The van der Waals surface area contributed by atoms with E-state index in [1.807, 2.05) is 7.05 Å². The summed E-state index contributed by atoms with van der Waals surface area (Å²) in [4.78, 5) is 4.67. The Labute approximate surface area is 125 Å². The lowest BCUT2D eigenvalue weighted by atomic mass is 10.1. The van der Waals surface area contributed by atoms with E-state index in [1.165, 1.54) is 38.1 Å². The van der Waals surface area contributed by atoms with E-state index in [9.17, 15) is 4.39 Å². The molecule has 0 saturated carbocycles. The van der Waals surface area contributed by atoms with Crippen LogP contribution < -0.4 is 5.73 Å². The molecule has 1 fully saturated rings. The molecule has 1 unspecified atom stereocenters. The first-order valence-corrected chi connectivity index (χ1v) is 7.57. The summed E-state index contributed by atoms with van der Waals surface area (Å²) in [6.07, 6.45) is 2.60. The number of hydrogen-bond acceptors (Lipinski definition) is 3. The monoisotopic (exact) mass is 299 g/mol. The van der Waals surface area contributed by atoms with Crippen molar-refractivity contribution in [2.45, 2.75) is 18.9 Å². The number of halogens is 2. The summed E-state index contributed by atoms with van der Waals surface area (Å²) in [5.74, 6) is -0.311. The van der Waals surface area contributed by atoms with Crippen molar-refractivity contribution < 1.29 is 4.39 Å². The van der Waals surface area contributed by atoms with Gasteiger partial charge in [-0.25, -0.2) is 4.39 Å². The molecule has 0 spiro atoms. The van der Waals surface area contributed by atoms with Gasteiger partial charge in [0.15, 0.2) is 0 Å². The topological polar surface area (TPSA) is 32.5 Å². The predicted octanol–water partition coefficient (Wildman–Crippen LogP) is 2.51. The van der Waals surface area contributed by atoms with Gasteiger partial charge in [-0.2, -0.15) is 0 Å². The van der Waals surface area contributed by atoms with E-state index in [4.69, 9.17) is 17.3 Å². The molecule has 0 bridgehead atoms. The smallest absolute Gasteiger partial charge is 0.124 e. The fourth-order valence-electron chi connectivity index (χ4n) is 2.78. The van der Waals surface area contributed by atoms with Crippen molar-refractivity contribution in [3.05, 3.63) is 34.6 Å². The first-order chi connectivity index (χ1) is 9.61. The molecule has 0 radical (unpaired) electrons. The number of nitrogens with zero attached hydrogens (tertiary/aromatic N) is 2. The number of rotatable bonds is 6. The molecule has 1 aromatic rings. The van der Waals surface area contributed by atoms with Gasteiger partial charge >= 0.3 is 0 Å². The van der Waals surface area contributed by atoms with Crippen LogP contribution in [0.4, 0.5) is 4.39 Å². The van der Waals surface area contributed by atoms with E-state index < -0.39 is 0 Å². The Hall–Kier alpha value is -0.680. The minimum atomic E-state index is -0.311. The maximum atomic E-state index is 13.1. The second-order valence-corrected chi connectivity index (χ2v) is 5.85. The van der Waals surface area contributed by atoms with Gasteiger partial charge in [-0.15, -0.1) is 0 Å². The molecule has 1 aromatic carbocycles. The molecule has 20 heavy (non-hydrogen) atoms. The molecule has 1 atom stereocenters. The zero-order chi connectivity index (χ0) is 14.5. The van der Waals surface area contributed by atoms with Gasteiger partial charge in [0.2, 0.25) is 0 Å². The summed E-state index contributed by atoms with van der Waals surface area (Å²) in [7, 11) is 2.05. The standard InChI is InChI=1S/C15H23ClFN3/c1-19(8-9-20-6-2-3-7-20)15(11-18)13-5-4-12(17)10-14(13)16/h4-5,10,15H,2-3,6-9,11,18H2,1H3. The van der Waals surface area contributed by atoms with Crippen LogP contribution in [0.3, 0.4) is 0 Å². The second-order valence-electron chi connectivity index (χ2n) is 5.45.